The van der Waals surface area contributed by atoms with Gasteiger partial charge in [-0.25, -0.2) is 0 Å². The van der Waals surface area contributed by atoms with Gasteiger partial charge in [0.05, 0.1) is 12.8 Å². The molecule has 0 bridgehead atoms. The van der Waals surface area contributed by atoms with Crippen LogP contribution >= 0.6 is 0 Å². The van der Waals surface area contributed by atoms with Gasteiger partial charge in [0.25, 0.3) is 0 Å². The van der Waals surface area contributed by atoms with Crippen LogP contribution in [-0.2, 0) is 0 Å². The van der Waals surface area contributed by atoms with Crippen LogP contribution in [0, 0.1) is 19.8 Å². The van der Waals surface area contributed by atoms with Crippen LogP contribution in [0.4, 0.5) is 5.69 Å². The number of ether oxygens (including phenoxy) is 1. The minimum atomic E-state index is 0.833. The number of rotatable bonds is 5. The summed E-state index contributed by atoms with van der Waals surface area (Å²) < 4.78 is 5.55. The third-order valence-electron chi connectivity index (χ3n) is 4.05. The quantitative estimate of drug-likeness (QED) is 0.883. The Morgan fingerprint density at radius 2 is 2.16 bits per heavy atom. The van der Waals surface area contributed by atoms with Crippen molar-refractivity contribution in [2.75, 3.05) is 38.7 Å². The lowest BCUT2D eigenvalue weighted by Gasteiger charge is -2.25. The van der Waals surface area contributed by atoms with Crippen molar-refractivity contribution in [3.8, 4) is 5.75 Å². The second-order valence-corrected chi connectivity index (χ2v) is 5.70. The summed E-state index contributed by atoms with van der Waals surface area (Å²) in [5.74, 6) is 1.82. The van der Waals surface area contributed by atoms with Gasteiger partial charge in [0.15, 0.2) is 0 Å². The zero-order valence-electron chi connectivity index (χ0n) is 12.6. The standard InChI is InChI=1S/C16H26N2O/c1-12-9-13(2)16(15(10-12)19-4)18(3)8-6-14-5-7-17-11-14/h9-10,14,17H,5-8,11H2,1-4H3. The molecule has 0 spiro atoms. The molecule has 1 aliphatic rings. The average molecular weight is 262 g/mol. The van der Waals surface area contributed by atoms with Crippen LogP contribution in [-0.4, -0.2) is 33.8 Å². The Morgan fingerprint density at radius 1 is 1.37 bits per heavy atom. The molecule has 0 amide bonds. The first-order valence-electron chi connectivity index (χ1n) is 7.19. The molecule has 106 valence electrons. The van der Waals surface area contributed by atoms with E-state index in [0.29, 0.717) is 0 Å². The highest BCUT2D eigenvalue weighted by molar-refractivity contribution is 5.64. The van der Waals surface area contributed by atoms with Crippen LogP contribution in [0.25, 0.3) is 0 Å². The normalized spacial score (nSPS) is 18.6. The van der Waals surface area contributed by atoms with Gasteiger partial charge in [0, 0.05) is 13.6 Å². The SMILES string of the molecule is COc1cc(C)cc(C)c1N(C)CCC1CCNC1. The fourth-order valence-electron chi connectivity index (χ4n) is 3.01. The van der Waals surface area contributed by atoms with E-state index in [2.05, 4.69) is 43.2 Å². The van der Waals surface area contributed by atoms with Gasteiger partial charge in [-0.15, -0.1) is 0 Å². The third kappa shape index (κ3) is 3.41. The molecule has 1 aliphatic heterocycles. The zero-order chi connectivity index (χ0) is 13.8. The molecule has 0 aromatic heterocycles. The fraction of sp³-hybridized carbons (Fsp3) is 0.625. The molecule has 1 aromatic rings. The van der Waals surface area contributed by atoms with Crippen molar-refractivity contribution in [1.29, 1.82) is 0 Å². The maximum absolute atomic E-state index is 5.55. The van der Waals surface area contributed by atoms with Crippen molar-refractivity contribution in [3.05, 3.63) is 23.3 Å². The molecule has 1 atom stereocenters. The number of nitrogens with one attached hydrogen (secondary N) is 1. The molecule has 0 saturated carbocycles. The van der Waals surface area contributed by atoms with E-state index >= 15 is 0 Å². The molecular weight excluding hydrogens is 236 g/mol. The highest BCUT2D eigenvalue weighted by atomic mass is 16.5. The van der Waals surface area contributed by atoms with E-state index in [1.54, 1.807) is 7.11 Å². The molecule has 1 saturated heterocycles. The molecule has 2 rings (SSSR count). The number of benzene rings is 1. The van der Waals surface area contributed by atoms with Gasteiger partial charge in [-0.05, 0) is 62.9 Å². The first-order chi connectivity index (χ1) is 9.11. The topological polar surface area (TPSA) is 24.5 Å². The number of hydrogen-bond acceptors (Lipinski definition) is 3. The first-order valence-corrected chi connectivity index (χ1v) is 7.19. The van der Waals surface area contributed by atoms with E-state index in [1.165, 1.54) is 42.7 Å². The summed E-state index contributed by atoms with van der Waals surface area (Å²) in [5.41, 5.74) is 3.79. The fourth-order valence-corrected chi connectivity index (χ4v) is 3.01. The van der Waals surface area contributed by atoms with Crippen molar-refractivity contribution >= 4 is 5.69 Å². The summed E-state index contributed by atoms with van der Waals surface area (Å²) >= 11 is 0. The Bertz CT molecular complexity index is 425. The van der Waals surface area contributed by atoms with Crippen molar-refractivity contribution in [2.24, 2.45) is 5.92 Å². The van der Waals surface area contributed by atoms with Gasteiger partial charge in [-0.2, -0.15) is 0 Å². The van der Waals surface area contributed by atoms with Gasteiger partial charge in [-0.1, -0.05) is 6.07 Å². The lowest BCUT2D eigenvalue weighted by atomic mass is 10.0. The molecular formula is C16H26N2O. The number of hydrogen-bond donors (Lipinski definition) is 1. The minimum Gasteiger partial charge on any atom is -0.495 e. The third-order valence-corrected chi connectivity index (χ3v) is 4.05. The smallest absolute Gasteiger partial charge is 0.142 e. The molecule has 19 heavy (non-hydrogen) atoms. The second kappa shape index (κ2) is 6.29. The second-order valence-electron chi connectivity index (χ2n) is 5.70. The van der Waals surface area contributed by atoms with Crippen molar-refractivity contribution in [3.63, 3.8) is 0 Å². The predicted molar refractivity (Wildman–Crippen MR) is 81.3 cm³/mol. The Morgan fingerprint density at radius 3 is 2.79 bits per heavy atom. The van der Waals surface area contributed by atoms with Crippen LogP contribution in [0.15, 0.2) is 12.1 Å². The molecule has 3 nitrogen and oxygen atoms in total. The van der Waals surface area contributed by atoms with Crippen LogP contribution in [0.5, 0.6) is 5.75 Å². The Hall–Kier alpha value is -1.22. The summed E-state index contributed by atoms with van der Waals surface area (Å²) in [6.07, 6.45) is 2.57. The van der Waals surface area contributed by atoms with Crippen LogP contribution in [0.3, 0.4) is 0 Å². The summed E-state index contributed by atoms with van der Waals surface area (Å²) in [6, 6.07) is 4.35. The molecule has 1 N–H and O–H groups in total. The lowest BCUT2D eigenvalue weighted by Crippen LogP contribution is -2.23. The molecule has 0 aliphatic carbocycles. The number of aryl methyl sites for hydroxylation is 2. The van der Waals surface area contributed by atoms with E-state index in [9.17, 15) is 0 Å². The van der Waals surface area contributed by atoms with Crippen molar-refractivity contribution < 1.29 is 4.74 Å². The number of methoxy groups -OCH3 is 1. The van der Waals surface area contributed by atoms with Crippen molar-refractivity contribution in [1.82, 2.24) is 5.32 Å². The van der Waals surface area contributed by atoms with E-state index in [4.69, 9.17) is 4.74 Å². The average Bonchev–Trinajstić information content (AvgIpc) is 2.88. The van der Waals surface area contributed by atoms with Crippen molar-refractivity contribution in [2.45, 2.75) is 26.7 Å². The largest absolute Gasteiger partial charge is 0.495 e. The Kier molecular flexibility index (Phi) is 4.70. The van der Waals surface area contributed by atoms with Crippen LogP contribution in [0.1, 0.15) is 24.0 Å². The van der Waals surface area contributed by atoms with Gasteiger partial charge < -0.3 is 15.0 Å². The van der Waals surface area contributed by atoms with Gasteiger partial charge in [0.2, 0.25) is 0 Å². The number of anilines is 1. The predicted octanol–water partition coefficient (Wildman–Crippen LogP) is 2.75. The van der Waals surface area contributed by atoms with Gasteiger partial charge in [-0.3, -0.25) is 0 Å². The monoisotopic (exact) mass is 262 g/mol. The van der Waals surface area contributed by atoms with E-state index in [1.807, 2.05) is 0 Å². The first kappa shape index (κ1) is 14.2. The molecule has 3 heteroatoms. The number of nitrogens with zero attached hydrogens (tertiary/aromatic N) is 1. The molecule has 1 fully saturated rings. The Labute approximate surface area is 116 Å². The minimum absolute atomic E-state index is 0.833. The summed E-state index contributed by atoms with van der Waals surface area (Å²) in [7, 11) is 3.93. The molecule has 1 aromatic carbocycles. The van der Waals surface area contributed by atoms with Crippen LogP contribution < -0.4 is 15.0 Å². The van der Waals surface area contributed by atoms with E-state index in [-0.39, 0.29) is 0 Å². The molecule has 1 unspecified atom stereocenters. The van der Waals surface area contributed by atoms with Gasteiger partial charge in [0.1, 0.15) is 5.75 Å². The highest BCUT2D eigenvalue weighted by Gasteiger charge is 2.17. The highest BCUT2D eigenvalue weighted by Crippen LogP contribution is 2.33. The van der Waals surface area contributed by atoms with Gasteiger partial charge >= 0.3 is 0 Å². The summed E-state index contributed by atoms with van der Waals surface area (Å²) in [5, 5.41) is 3.43. The Balaban J connectivity index is 2.06. The maximum atomic E-state index is 5.55. The zero-order valence-corrected chi connectivity index (χ0v) is 12.6. The van der Waals surface area contributed by atoms with E-state index in [0.717, 1.165) is 18.2 Å². The maximum Gasteiger partial charge on any atom is 0.142 e. The van der Waals surface area contributed by atoms with Crippen LogP contribution in [0.2, 0.25) is 0 Å². The lowest BCUT2D eigenvalue weighted by molar-refractivity contribution is 0.413. The molecule has 0 radical (unpaired) electrons. The molecule has 1 heterocycles. The van der Waals surface area contributed by atoms with E-state index < -0.39 is 0 Å². The summed E-state index contributed by atoms with van der Waals surface area (Å²) in [6.45, 7) is 7.73. The summed E-state index contributed by atoms with van der Waals surface area (Å²) in [4.78, 5) is 2.34.